The van der Waals surface area contributed by atoms with Crippen LogP contribution in [-0.4, -0.2) is 27.5 Å². The third-order valence-electron chi connectivity index (χ3n) is 6.14. The molecular weight excluding hydrogens is 326 g/mol. The van der Waals surface area contributed by atoms with Crippen LogP contribution in [0.4, 0.5) is 0 Å². The quantitative estimate of drug-likeness (QED) is 0.786. The Kier molecular flexibility index (Phi) is 3.88. The van der Waals surface area contributed by atoms with Gasteiger partial charge in [-0.15, -0.1) is 0 Å². The Bertz CT molecular complexity index is 829. The molecule has 0 radical (unpaired) electrons. The number of hydrogen-bond acceptors (Lipinski definition) is 4. The zero-order chi connectivity index (χ0) is 17.5. The van der Waals surface area contributed by atoms with E-state index in [1.54, 1.807) is 0 Å². The summed E-state index contributed by atoms with van der Waals surface area (Å²) in [5, 5.41) is 4.16. The van der Waals surface area contributed by atoms with Crippen LogP contribution >= 0.6 is 0 Å². The number of hydrogen-bond donors (Lipinski definition) is 0. The Morgan fingerprint density at radius 3 is 2.77 bits per heavy atom. The maximum atomic E-state index is 13.3. The number of fused-ring (bicyclic) bond motifs is 2. The lowest BCUT2D eigenvalue weighted by Gasteiger charge is -2.36. The van der Waals surface area contributed by atoms with E-state index in [1.165, 1.54) is 0 Å². The molecule has 2 fully saturated rings. The van der Waals surface area contributed by atoms with Crippen LogP contribution in [0.15, 0.2) is 47.0 Å². The van der Waals surface area contributed by atoms with Gasteiger partial charge in [0.2, 0.25) is 17.6 Å². The van der Waals surface area contributed by atoms with Gasteiger partial charge >= 0.3 is 0 Å². The predicted octanol–water partition coefficient (Wildman–Crippen LogP) is 4.00. The summed E-state index contributed by atoms with van der Waals surface area (Å²) < 4.78 is 5.59. The highest BCUT2D eigenvalue weighted by Crippen LogP contribution is 2.45. The molecule has 1 amide bonds. The minimum atomic E-state index is -0.0793. The highest BCUT2D eigenvalue weighted by Gasteiger charge is 2.44. The van der Waals surface area contributed by atoms with Gasteiger partial charge in [0.15, 0.2) is 0 Å². The smallest absolute Gasteiger partial charge is 0.249 e. The number of carbonyl (C=O) groups excluding carboxylic acids is 1. The Labute approximate surface area is 153 Å². The molecule has 5 heteroatoms. The molecule has 26 heavy (non-hydrogen) atoms. The molecule has 0 unspecified atom stereocenters. The topological polar surface area (TPSA) is 59.2 Å². The van der Waals surface area contributed by atoms with Gasteiger partial charge in [0.05, 0.1) is 0 Å². The molecule has 1 saturated carbocycles. The zero-order valence-electron chi connectivity index (χ0n) is 14.8. The van der Waals surface area contributed by atoms with Gasteiger partial charge in [0.25, 0.3) is 0 Å². The van der Waals surface area contributed by atoms with Gasteiger partial charge in [0, 0.05) is 18.0 Å². The van der Waals surface area contributed by atoms with Crippen LogP contribution in [0, 0.1) is 17.8 Å². The summed E-state index contributed by atoms with van der Waals surface area (Å²) in [5.41, 5.74) is 0.939. The van der Waals surface area contributed by atoms with E-state index in [2.05, 4.69) is 22.3 Å². The summed E-state index contributed by atoms with van der Waals surface area (Å²) in [6.45, 7) is 0.796. The number of allylic oxidation sites excluding steroid dienone is 2. The Morgan fingerprint density at radius 1 is 1.12 bits per heavy atom. The van der Waals surface area contributed by atoms with Crippen molar-refractivity contribution in [1.82, 2.24) is 15.0 Å². The third-order valence-corrected chi connectivity index (χ3v) is 6.14. The minimum absolute atomic E-state index is 0.0793. The maximum absolute atomic E-state index is 13.3. The minimum Gasteiger partial charge on any atom is -0.337 e. The normalized spacial score (nSPS) is 30.1. The fraction of sp³-hybridized carbons (Fsp3) is 0.476. The molecule has 0 N–H and O–H groups in total. The highest BCUT2D eigenvalue weighted by atomic mass is 16.5. The largest absolute Gasteiger partial charge is 0.337 e. The summed E-state index contributed by atoms with van der Waals surface area (Å²) in [5.74, 6) is 2.63. The van der Waals surface area contributed by atoms with E-state index in [-0.39, 0.29) is 17.9 Å². The van der Waals surface area contributed by atoms with Crippen molar-refractivity contribution >= 4 is 5.91 Å². The molecule has 2 aromatic rings. The lowest BCUT2D eigenvalue weighted by Crippen LogP contribution is -2.43. The average Bonchev–Trinajstić information content (AvgIpc) is 3.45. The van der Waals surface area contributed by atoms with Crippen LogP contribution in [0.2, 0.25) is 0 Å². The number of rotatable bonds is 3. The van der Waals surface area contributed by atoms with Crippen molar-refractivity contribution in [3.63, 3.8) is 0 Å². The summed E-state index contributed by atoms with van der Waals surface area (Å²) in [6.07, 6.45) is 9.73. The van der Waals surface area contributed by atoms with E-state index >= 15 is 0 Å². The van der Waals surface area contributed by atoms with Crippen LogP contribution in [0.3, 0.4) is 0 Å². The standard InChI is InChI=1S/C21H23N3O2/c25-21(17-13-14-9-10-16(17)12-14)24-11-5-4-8-18(24)20-22-19(23-26-20)15-6-2-1-3-7-15/h1-3,6-7,9-10,14,16-18H,4-5,8,11-13H2/t14-,16-,17-,18+/m0/s1. The maximum Gasteiger partial charge on any atom is 0.249 e. The number of piperidine rings is 1. The number of aromatic nitrogens is 2. The van der Waals surface area contributed by atoms with Gasteiger partial charge in [-0.2, -0.15) is 4.98 Å². The molecular formula is C21H23N3O2. The Balaban J connectivity index is 1.39. The first kappa shape index (κ1) is 15.8. The molecule has 1 aromatic carbocycles. The lowest BCUT2D eigenvalue weighted by molar-refractivity contribution is -0.141. The molecule has 134 valence electrons. The van der Waals surface area contributed by atoms with E-state index in [0.29, 0.717) is 23.6 Å². The van der Waals surface area contributed by atoms with E-state index < -0.39 is 0 Å². The van der Waals surface area contributed by atoms with Crippen molar-refractivity contribution in [2.24, 2.45) is 17.8 Å². The van der Waals surface area contributed by atoms with E-state index in [4.69, 9.17) is 4.52 Å². The SMILES string of the molecule is O=C([C@H]1C[C@H]2C=C[C@H]1C2)N1CCCC[C@@H]1c1nc(-c2ccccc2)no1. The summed E-state index contributed by atoms with van der Waals surface area (Å²) >= 11 is 0. The Hall–Kier alpha value is -2.43. The van der Waals surface area contributed by atoms with Crippen molar-refractivity contribution in [2.75, 3.05) is 6.54 Å². The van der Waals surface area contributed by atoms with Crippen molar-refractivity contribution in [3.8, 4) is 11.4 Å². The fourth-order valence-electron chi connectivity index (χ4n) is 4.80. The fourth-order valence-corrected chi connectivity index (χ4v) is 4.80. The van der Waals surface area contributed by atoms with Crippen molar-refractivity contribution < 1.29 is 9.32 Å². The number of likely N-dealkylation sites (tertiary alicyclic amines) is 1. The summed E-state index contributed by atoms with van der Waals surface area (Å²) in [4.78, 5) is 19.9. The van der Waals surface area contributed by atoms with Crippen LogP contribution < -0.4 is 0 Å². The highest BCUT2D eigenvalue weighted by molar-refractivity contribution is 5.80. The average molecular weight is 349 g/mol. The summed E-state index contributed by atoms with van der Waals surface area (Å²) in [7, 11) is 0. The van der Waals surface area contributed by atoms with Crippen LogP contribution in [0.1, 0.15) is 44.0 Å². The first-order chi connectivity index (χ1) is 12.8. The monoisotopic (exact) mass is 349 g/mol. The molecule has 5 nitrogen and oxygen atoms in total. The number of benzene rings is 1. The van der Waals surface area contributed by atoms with Crippen LogP contribution in [0.25, 0.3) is 11.4 Å². The van der Waals surface area contributed by atoms with Crippen LogP contribution in [-0.2, 0) is 4.79 Å². The number of amides is 1. The second-order valence-electron chi connectivity index (χ2n) is 7.75. The second kappa shape index (κ2) is 6.38. The first-order valence-electron chi connectivity index (χ1n) is 9.67. The van der Waals surface area contributed by atoms with Gasteiger partial charge in [-0.05, 0) is 43.9 Å². The zero-order valence-corrected chi connectivity index (χ0v) is 14.8. The van der Waals surface area contributed by atoms with E-state index in [1.807, 2.05) is 35.2 Å². The van der Waals surface area contributed by atoms with Gasteiger partial charge in [0.1, 0.15) is 6.04 Å². The molecule has 1 aliphatic heterocycles. The molecule has 2 bridgehead atoms. The van der Waals surface area contributed by atoms with E-state index in [9.17, 15) is 4.79 Å². The van der Waals surface area contributed by atoms with Crippen molar-refractivity contribution in [1.29, 1.82) is 0 Å². The first-order valence-corrected chi connectivity index (χ1v) is 9.67. The number of carbonyl (C=O) groups is 1. The van der Waals surface area contributed by atoms with Crippen LogP contribution in [0.5, 0.6) is 0 Å². The third kappa shape index (κ3) is 2.66. The van der Waals surface area contributed by atoms with Crippen molar-refractivity contribution in [2.45, 2.75) is 38.1 Å². The van der Waals surface area contributed by atoms with Gasteiger partial charge < -0.3 is 9.42 Å². The molecule has 2 heterocycles. The molecule has 5 rings (SSSR count). The number of nitrogens with zero attached hydrogens (tertiary/aromatic N) is 3. The summed E-state index contributed by atoms with van der Waals surface area (Å²) in [6, 6.07) is 9.76. The molecule has 2 aliphatic carbocycles. The van der Waals surface area contributed by atoms with E-state index in [0.717, 1.165) is 44.2 Å². The molecule has 0 spiro atoms. The van der Waals surface area contributed by atoms with Gasteiger partial charge in [-0.25, -0.2) is 0 Å². The van der Waals surface area contributed by atoms with Gasteiger partial charge in [-0.1, -0.05) is 47.6 Å². The molecule has 4 atom stereocenters. The van der Waals surface area contributed by atoms with Crippen molar-refractivity contribution in [3.05, 3.63) is 48.4 Å². The second-order valence-corrected chi connectivity index (χ2v) is 7.75. The Morgan fingerprint density at radius 2 is 2.00 bits per heavy atom. The predicted molar refractivity (Wildman–Crippen MR) is 96.9 cm³/mol. The lowest BCUT2D eigenvalue weighted by atomic mass is 9.90. The molecule has 1 aromatic heterocycles. The molecule has 1 saturated heterocycles. The molecule has 3 aliphatic rings. The van der Waals surface area contributed by atoms with Gasteiger partial charge in [-0.3, -0.25) is 4.79 Å².